The molecule has 5 heterocycles. The van der Waals surface area contributed by atoms with E-state index in [-0.39, 0.29) is 37.5 Å². The highest BCUT2D eigenvalue weighted by Gasteiger charge is 2.60. The third kappa shape index (κ3) is 10.3. The first-order valence-corrected chi connectivity index (χ1v) is 23.0. The van der Waals surface area contributed by atoms with E-state index in [1.165, 1.54) is 7.11 Å². The van der Waals surface area contributed by atoms with Crippen molar-refractivity contribution in [1.29, 1.82) is 0 Å². The predicted molar refractivity (Wildman–Crippen MR) is 234 cm³/mol. The summed E-state index contributed by atoms with van der Waals surface area (Å²) < 4.78 is 63.6. The highest BCUT2D eigenvalue weighted by atomic mass is 35.5. The van der Waals surface area contributed by atoms with Crippen LogP contribution in [-0.4, -0.2) is 146 Å². The number of nitrogens with one attached hydrogen (secondary N) is 1. The topological polar surface area (TPSA) is 191 Å². The smallest absolute Gasteiger partial charge is 0.472 e. The van der Waals surface area contributed by atoms with Crippen LogP contribution in [0.4, 0.5) is 9.59 Å². The van der Waals surface area contributed by atoms with Gasteiger partial charge in [0.25, 0.3) is 0 Å². The number of likely N-dealkylation sites (N-methyl/N-ethyl adjacent to an activating group) is 1. The Morgan fingerprint density at radius 2 is 1.69 bits per heavy atom. The van der Waals surface area contributed by atoms with Crippen LogP contribution in [-0.2, 0) is 58.7 Å². The third-order valence-electron chi connectivity index (χ3n) is 14.0. The number of esters is 1. The van der Waals surface area contributed by atoms with Crippen LogP contribution >= 0.6 is 11.6 Å². The van der Waals surface area contributed by atoms with Gasteiger partial charge in [-0.25, -0.2) is 14.6 Å². The Balaban J connectivity index is 1.36. The van der Waals surface area contributed by atoms with Gasteiger partial charge in [-0.05, 0) is 87.0 Å². The molecule has 18 heteroatoms. The predicted octanol–water partition coefficient (Wildman–Crippen LogP) is 6.18. The molecule has 4 fully saturated rings. The molecule has 18 atom stereocenters. The molecule has 0 aliphatic carbocycles. The van der Waals surface area contributed by atoms with Crippen molar-refractivity contribution in [3.63, 3.8) is 0 Å². The summed E-state index contributed by atoms with van der Waals surface area (Å²) in [6, 6.07) is 6.26. The maximum Gasteiger partial charge on any atom is 0.509 e. The van der Waals surface area contributed by atoms with Crippen molar-refractivity contribution in [2.24, 2.45) is 22.7 Å². The SMILES string of the molecule is CC[C@H]1OC(=O)[C@H](C)[C@@H](O[C@H]2C[C@@](C)(OC)[C@@H](OC(=O)NCc3ccccc3Cl)[C@H](C)O2)[C@H](C)[C@@H](O[C@@H]2O[C@H](C)C[C@H](N(C)C)[C@H]2O)[C@@]2(C)C[C@@H](C)C(=N[C@H](C)[C@H]3OC(=O)O[C@]31C)O2. The van der Waals surface area contributed by atoms with Crippen molar-refractivity contribution >= 4 is 35.7 Å². The summed E-state index contributed by atoms with van der Waals surface area (Å²) in [6.07, 6.45) is -8.91. The molecule has 1 amide bonds. The first kappa shape index (κ1) is 50.1. The van der Waals surface area contributed by atoms with Crippen molar-refractivity contribution in [3.05, 3.63) is 34.9 Å². The van der Waals surface area contributed by atoms with Crippen LogP contribution in [0, 0.1) is 17.8 Å². The zero-order chi connectivity index (χ0) is 47.1. The molecule has 1 aromatic carbocycles. The van der Waals surface area contributed by atoms with Crippen LogP contribution in [0.5, 0.6) is 0 Å². The van der Waals surface area contributed by atoms with Crippen molar-refractivity contribution in [1.82, 2.24) is 10.2 Å². The number of benzene rings is 1. The van der Waals surface area contributed by atoms with Crippen molar-refractivity contribution in [2.45, 2.75) is 192 Å². The number of aliphatic hydroxyl groups excluding tert-OH is 1. The number of nitrogens with zero attached hydrogens (tertiary/aromatic N) is 2. The van der Waals surface area contributed by atoms with E-state index in [1.807, 2.05) is 79.6 Å². The van der Waals surface area contributed by atoms with E-state index in [4.69, 9.17) is 64.0 Å². The fourth-order valence-corrected chi connectivity index (χ4v) is 10.6. The zero-order valence-corrected chi connectivity index (χ0v) is 40.3. The maximum absolute atomic E-state index is 14.7. The molecule has 1 aromatic rings. The van der Waals surface area contributed by atoms with Gasteiger partial charge in [0.1, 0.15) is 29.5 Å². The second-order valence-corrected chi connectivity index (χ2v) is 19.7. The third-order valence-corrected chi connectivity index (χ3v) is 14.3. The number of aliphatic imine (C=N–C) groups is 1. The van der Waals surface area contributed by atoms with Crippen molar-refractivity contribution in [3.8, 4) is 0 Å². The van der Waals surface area contributed by atoms with Crippen LogP contribution in [0.3, 0.4) is 0 Å². The second kappa shape index (κ2) is 19.9. The van der Waals surface area contributed by atoms with Gasteiger partial charge < -0.3 is 62.7 Å². The minimum Gasteiger partial charge on any atom is -0.472 e. The van der Waals surface area contributed by atoms with Gasteiger partial charge >= 0.3 is 18.2 Å². The van der Waals surface area contributed by atoms with E-state index in [9.17, 15) is 19.5 Å². The molecule has 5 aliphatic rings. The fourth-order valence-electron chi connectivity index (χ4n) is 10.4. The summed E-state index contributed by atoms with van der Waals surface area (Å²) in [5.74, 6) is -2.09. The lowest BCUT2D eigenvalue weighted by Gasteiger charge is -2.49. The summed E-state index contributed by atoms with van der Waals surface area (Å²) in [4.78, 5) is 47.7. The van der Waals surface area contributed by atoms with Gasteiger partial charge in [0.15, 0.2) is 36.3 Å². The Hall–Kier alpha value is -3.29. The molecule has 4 saturated heterocycles. The lowest BCUT2D eigenvalue weighted by molar-refractivity contribution is -0.315. The van der Waals surface area contributed by atoms with Crippen LogP contribution in [0.1, 0.15) is 100 Å². The minimum atomic E-state index is -1.39. The van der Waals surface area contributed by atoms with Crippen molar-refractivity contribution in [2.75, 3.05) is 21.2 Å². The number of methoxy groups -OCH3 is 1. The number of alkyl carbamates (subject to hydrolysis) is 1. The Morgan fingerprint density at radius 3 is 2.34 bits per heavy atom. The molecule has 64 heavy (non-hydrogen) atoms. The Kier molecular flexibility index (Phi) is 15.6. The summed E-state index contributed by atoms with van der Waals surface area (Å²) in [5.41, 5.74) is -2.89. The largest absolute Gasteiger partial charge is 0.509 e. The molecule has 0 aromatic heterocycles. The zero-order valence-electron chi connectivity index (χ0n) is 39.5. The maximum atomic E-state index is 14.7. The average Bonchev–Trinajstić information content (AvgIpc) is 3.71. The van der Waals surface area contributed by atoms with Crippen molar-refractivity contribution < 1.29 is 66.9 Å². The van der Waals surface area contributed by atoms with Gasteiger partial charge in [-0.2, -0.15) is 0 Å². The number of hydrogen-bond acceptors (Lipinski definition) is 16. The van der Waals surface area contributed by atoms with Gasteiger partial charge in [-0.1, -0.05) is 50.6 Å². The van der Waals surface area contributed by atoms with Gasteiger partial charge in [-0.15, -0.1) is 0 Å². The number of hydrogen-bond donors (Lipinski definition) is 2. The quantitative estimate of drug-likeness (QED) is 0.200. The molecule has 5 aliphatic heterocycles. The molecule has 0 radical (unpaired) electrons. The Labute approximate surface area is 382 Å². The number of carbonyl (C=O) groups excluding carboxylic acids is 3. The number of rotatable bonds is 10. The number of aliphatic hydroxyl groups is 1. The Bertz CT molecular complexity index is 1860. The molecule has 0 saturated carbocycles. The minimum absolute atomic E-state index is 0.0867. The lowest BCUT2D eigenvalue weighted by atomic mass is 9.79. The van der Waals surface area contributed by atoms with E-state index in [0.29, 0.717) is 23.8 Å². The standard InChI is InChI=1S/C46H70ClN3O14/c1-14-32-46(10)37(62-43(54)64-46)27(6)49-39-23(2)20-45(9,63-39)36(60-41-34(51)31(50(11)12)19-24(3)56-41)25(4)35(26(5)40(52)58-32)59-33-21-44(8,55-13)38(28(7)57-33)61-42(53)48-22-29-17-15-16-18-30(29)47/h15-18,23-28,31-38,41,51H,14,19-22H2,1-13H3,(H,48,53)/t23-,24-,25+,26-,27-,28+,31+,32-,33+,34-,35+,36-,37-,38+,41+,44-,45-,46+/m1/s1. The fraction of sp³-hybridized carbons (Fsp3) is 0.783. The van der Waals surface area contributed by atoms with Gasteiger partial charge in [-0.3, -0.25) is 4.79 Å². The lowest BCUT2D eigenvalue weighted by Crippen LogP contribution is -2.61. The van der Waals surface area contributed by atoms with Gasteiger partial charge in [0.05, 0.1) is 30.3 Å². The molecule has 17 nitrogen and oxygen atoms in total. The second-order valence-electron chi connectivity index (χ2n) is 19.3. The summed E-state index contributed by atoms with van der Waals surface area (Å²) >= 11 is 6.32. The number of carbonyl (C=O) groups is 3. The van der Waals surface area contributed by atoms with Crippen LogP contribution in [0.25, 0.3) is 0 Å². The number of halogens is 1. The molecular weight excluding hydrogens is 854 g/mol. The number of amides is 1. The number of ether oxygens (including phenoxy) is 10. The average molecular weight is 925 g/mol. The van der Waals surface area contributed by atoms with E-state index in [2.05, 4.69) is 5.32 Å². The highest BCUT2D eigenvalue weighted by Crippen LogP contribution is 2.45. The highest BCUT2D eigenvalue weighted by molar-refractivity contribution is 6.31. The summed E-state index contributed by atoms with van der Waals surface area (Å²) in [7, 11) is 5.33. The molecule has 2 bridgehead atoms. The Morgan fingerprint density at radius 1 is 0.984 bits per heavy atom. The molecular formula is C46H70ClN3O14. The molecule has 0 spiro atoms. The van der Waals surface area contributed by atoms with E-state index in [0.717, 1.165) is 5.56 Å². The van der Waals surface area contributed by atoms with Crippen LogP contribution < -0.4 is 5.32 Å². The first-order chi connectivity index (χ1) is 30.0. The van der Waals surface area contributed by atoms with E-state index < -0.39 is 108 Å². The summed E-state index contributed by atoms with van der Waals surface area (Å²) in [5, 5.41) is 15.0. The van der Waals surface area contributed by atoms with Gasteiger partial charge in [0.2, 0.25) is 0 Å². The number of fused-ring (bicyclic) bond motifs is 3. The van der Waals surface area contributed by atoms with E-state index >= 15 is 0 Å². The van der Waals surface area contributed by atoms with Crippen LogP contribution in [0.15, 0.2) is 29.3 Å². The monoisotopic (exact) mass is 923 g/mol. The normalized spacial score (nSPS) is 42.9. The number of cyclic esters (lactones) is 1. The van der Waals surface area contributed by atoms with E-state index in [1.54, 1.807) is 32.9 Å². The molecule has 360 valence electrons. The summed E-state index contributed by atoms with van der Waals surface area (Å²) in [6.45, 7) is 18.5. The van der Waals surface area contributed by atoms with Gasteiger partial charge in [0, 0.05) is 49.4 Å². The first-order valence-electron chi connectivity index (χ1n) is 22.6. The molecule has 0 unspecified atom stereocenters. The molecule has 2 N–H and O–H groups in total. The van der Waals surface area contributed by atoms with Crippen LogP contribution in [0.2, 0.25) is 5.02 Å². The molecule has 6 rings (SSSR count).